The van der Waals surface area contributed by atoms with Crippen LogP contribution in [0.15, 0.2) is 60.7 Å². The number of thioether (sulfide) groups is 2. The highest BCUT2D eigenvalue weighted by Crippen LogP contribution is 2.37. The number of methoxy groups -OCH3 is 4. The Morgan fingerprint density at radius 2 is 0.852 bits per heavy atom. The summed E-state index contributed by atoms with van der Waals surface area (Å²) in [7, 11) is 12.8. The maximum atomic E-state index is 14.7. The monoisotopic (exact) mass is 1930 g/mol. The Hall–Kier alpha value is -8.21. The van der Waals surface area contributed by atoms with Gasteiger partial charge in [0.15, 0.2) is 11.6 Å². The number of likely N-dealkylation sites (N-methyl/N-ethyl adjacent to an activating group) is 4. The van der Waals surface area contributed by atoms with E-state index >= 15 is 0 Å². The Morgan fingerprint density at radius 3 is 1.18 bits per heavy atom. The van der Waals surface area contributed by atoms with Gasteiger partial charge in [0.1, 0.15) is 6.04 Å². The fourth-order valence-corrected chi connectivity index (χ4v) is 21.4. The van der Waals surface area contributed by atoms with Crippen molar-refractivity contribution in [3.63, 3.8) is 0 Å². The van der Waals surface area contributed by atoms with Gasteiger partial charge in [-0.05, 0) is 117 Å². The molecule has 2 unspecified atom stereocenters. The van der Waals surface area contributed by atoms with E-state index in [1.807, 2.05) is 144 Å². The van der Waals surface area contributed by atoms with Gasteiger partial charge in [-0.1, -0.05) is 183 Å². The number of aliphatic hydroxyl groups is 1. The van der Waals surface area contributed by atoms with Crippen molar-refractivity contribution in [2.24, 2.45) is 59.2 Å². The highest BCUT2D eigenvalue weighted by molar-refractivity contribution is 8.00. The number of Topliss-reactive ketones (excluding diaryl/α,β-unsaturated/α-hetero) is 2. The van der Waals surface area contributed by atoms with Crippen molar-refractivity contribution in [2.45, 2.75) is 328 Å². The summed E-state index contributed by atoms with van der Waals surface area (Å²) in [6.45, 7) is 30.0. The molecule has 4 N–H and O–H groups in total. The van der Waals surface area contributed by atoms with Crippen molar-refractivity contribution in [3.8, 4) is 0 Å². The second-order valence-corrected chi connectivity index (χ2v) is 41.2. The highest BCUT2D eigenvalue weighted by atomic mass is 32.2. The lowest BCUT2D eigenvalue weighted by Gasteiger charge is -2.41. The minimum absolute atomic E-state index is 0.0163. The molecule has 0 aromatic heterocycles. The summed E-state index contributed by atoms with van der Waals surface area (Å²) in [6, 6.07) is 13.1. The summed E-state index contributed by atoms with van der Waals surface area (Å²) in [5.74, 6) is -8.14. The van der Waals surface area contributed by atoms with Crippen molar-refractivity contribution in [1.82, 2.24) is 49.8 Å². The number of amides is 12. The molecule has 0 radical (unpaired) electrons. The first-order valence-corrected chi connectivity index (χ1v) is 51.5. The third kappa shape index (κ3) is 32.4. The summed E-state index contributed by atoms with van der Waals surface area (Å²) in [4.78, 5) is 215. The van der Waals surface area contributed by atoms with E-state index in [9.17, 15) is 82.1 Å². The number of carboxylic acid groups (broad SMARTS) is 1. The van der Waals surface area contributed by atoms with Crippen molar-refractivity contribution in [1.29, 1.82) is 0 Å². The molecule has 760 valence electrons. The highest BCUT2D eigenvalue weighted by Gasteiger charge is 2.49. The quantitative estimate of drug-likeness (QED) is 0.0353. The maximum Gasteiger partial charge on any atom is 0.326 e. The first-order valence-electron chi connectivity index (χ1n) is 49.0. The first-order chi connectivity index (χ1) is 63.8. The number of hydrogen-bond donors (Lipinski definition) is 4. The predicted octanol–water partition coefficient (Wildman–Crippen LogP) is 11.4. The molecule has 31 nitrogen and oxygen atoms in total. The number of nitrogens with zero attached hydrogens (tertiary/aromatic N) is 8. The van der Waals surface area contributed by atoms with E-state index in [-0.39, 0.29) is 186 Å². The molecule has 4 fully saturated rings. The molecular formula is C102H164N10O21S2. The minimum atomic E-state index is -1.16. The van der Waals surface area contributed by atoms with Crippen LogP contribution in [0.4, 0.5) is 0 Å². The van der Waals surface area contributed by atoms with Crippen LogP contribution in [0.5, 0.6) is 0 Å². The van der Waals surface area contributed by atoms with E-state index in [0.717, 1.165) is 12.0 Å². The molecule has 12 amide bonds. The number of carboxylic acids is 1. The van der Waals surface area contributed by atoms with Gasteiger partial charge in [-0.3, -0.25) is 76.9 Å². The van der Waals surface area contributed by atoms with E-state index in [1.54, 1.807) is 94.9 Å². The van der Waals surface area contributed by atoms with Crippen LogP contribution < -0.4 is 10.6 Å². The van der Waals surface area contributed by atoms with Gasteiger partial charge in [0.2, 0.25) is 70.9 Å². The van der Waals surface area contributed by atoms with Crippen molar-refractivity contribution < 1.29 is 101 Å². The van der Waals surface area contributed by atoms with Gasteiger partial charge >= 0.3 is 5.97 Å². The number of hydrogen-bond acceptors (Lipinski definition) is 22. The Labute approximate surface area is 812 Å². The van der Waals surface area contributed by atoms with Gasteiger partial charge < -0.3 is 69.2 Å². The third-order valence-corrected chi connectivity index (χ3v) is 30.4. The molecule has 4 aliphatic rings. The number of ketones is 2. The Balaban J connectivity index is 0.000000477. The molecule has 4 saturated heterocycles. The number of unbranched alkanes of at least 4 members (excludes halogenated alkanes) is 4. The molecule has 2 aromatic rings. The number of nitrogens with one attached hydrogen (secondary N) is 2. The minimum Gasteiger partial charge on any atom is -0.480 e. The number of carbonyl (C=O) groups excluding carboxylic acids is 14. The molecule has 0 bridgehead atoms. The molecule has 2 aromatic carbocycles. The summed E-state index contributed by atoms with van der Waals surface area (Å²) in [5.41, 5.74) is 1.46. The second-order valence-electron chi connectivity index (χ2n) is 39.1. The number of benzene rings is 2. The van der Waals surface area contributed by atoms with E-state index in [2.05, 4.69) is 10.6 Å². The van der Waals surface area contributed by atoms with Gasteiger partial charge in [0.25, 0.3) is 0 Å². The van der Waals surface area contributed by atoms with Crippen LogP contribution >= 0.6 is 23.5 Å². The largest absolute Gasteiger partial charge is 0.480 e. The Bertz CT molecular complexity index is 4180. The second kappa shape index (κ2) is 57.4. The zero-order valence-corrected chi connectivity index (χ0v) is 87.1. The Kier molecular flexibility index (Phi) is 49.8. The van der Waals surface area contributed by atoms with Gasteiger partial charge in [-0.25, -0.2) is 4.79 Å². The molecule has 6 rings (SSSR count). The number of likely N-dealkylation sites (tertiary alicyclic amines) is 4. The molecule has 21 atom stereocenters. The summed E-state index contributed by atoms with van der Waals surface area (Å²) in [5, 5.41) is 25.8. The van der Waals surface area contributed by atoms with E-state index in [1.165, 1.54) is 57.3 Å². The number of carbonyl (C=O) groups is 15. The molecule has 0 spiro atoms. The molecule has 0 saturated carbocycles. The molecule has 33 heteroatoms. The fourth-order valence-electron chi connectivity index (χ4n) is 20.1. The lowest BCUT2D eigenvalue weighted by molar-refractivity contribution is -0.150. The number of rotatable bonds is 57. The maximum absolute atomic E-state index is 14.7. The molecule has 135 heavy (non-hydrogen) atoms. The van der Waals surface area contributed by atoms with Gasteiger partial charge in [0.05, 0.1) is 108 Å². The fraction of sp³-hybridized carbons (Fsp3) is 0.735. The van der Waals surface area contributed by atoms with Crippen molar-refractivity contribution in [3.05, 3.63) is 71.8 Å². The number of imide groups is 2. The van der Waals surface area contributed by atoms with Crippen molar-refractivity contribution in [2.75, 3.05) is 95.3 Å². The normalized spacial score (nSPS) is 20.2. The number of aliphatic carboxylic acids is 1. The number of ether oxygens (including phenoxy) is 4. The first kappa shape index (κ1) is 117. The average Bonchev–Trinajstić information content (AvgIpc) is 1.30. The molecule has 4 heterocycles. The lowest BCUT2D eigenvalue weighted by atomic mass is 9.83. The average molecular weight is 1930 g/mol. The van der Waals surface area contributed by atoms with Crippen LogP contribution in [-0.2, 0) is 97.3 Å². The van der Waals surface area contributed by atoms with Crippen molar-refractivity contribution >= 4 is 112 Å². The van der Waals surface area contributed by atoms with Crippen LogP contribution in [0.2, 0.25) is 0 Å². The van der Waals surface area contributed by atoms with Gasteiger partial charge in [0, 0.05) is 140 Å². The van der Waals surface area contributed by atoms with E-state index < -0.39 is 108 Å². The van der Waals surface area contributed by atoms with E-state index in [4.69, 9.17) is 18.9 Å². The Morgan fingerprint density at radius 1 is 0.481 bits per heavy atom. The summed E-state index contributed by atoms with van der Waals surface area (Å²) < 4.78 is 24.0. The van der Waals surface area contributed by atoms with Gasteiger partial charge in [-0.2, -0.15) is 23.5 Å². The molecular weight excluding hydrogens is 1770 g/mol. The predicted molar refractivity (Wildman–Crippen MR) is 524 cm³/mol. The zero-order valence-electron chi connectivity index (χ0n) is 85.4. The van der Waals surface area contributed by atoms with Crippen LogP contribution in [0.3, 0.4) is 0 Å². The SMILES string of the molecule is CC[C@H](C)[C@@H]([C@@H](CC(=O)N1CCC[C@H]1[C@H](OC)[C@@H](C)C(=O)N[C@@H](Cc1ccccc1)C(=O)O)OC)N(C)C(=O)[C@@H](CC(=O)[C@H](C(C)C)N(C)C(=O)CCCCCN1C(=O)CC(SC)C1=O)C(C)C.CC[C@H](C)[C@@H]([C@@H](CC(=O)N1CCC[C@H]1[C@H](OC)[C@@H](C)C(=O)N[C@H](C)[C@@H](O)c1ccccc1)OC)N(C)C(=O)[C@@H](CC(=O)[C@H](C(C)C)N(C)C(=O)CCCCCN1C(=O)CC(SC)C1=O)C(C)C. The van der Waals surface area contributed by atoms with Gasteiger partial charge in [-0.15, -0.1) is 0 Å². The topological polar surface area (TPSA) is 383 Å². The van der Waals surface area contributed by atoms with Crippen LogP contribution in [0.25, 0.3) is 0 Å². The molecule has 4 aliphatic heterocycles. The van der Waals surface area contributed by atoms with Crippen LogP contribution in [-0.4, -0.2) is 316 Å². The number of aliphatic hydroxyl groups excluding tert-OH is 1. The summed E-state index contributed by atoms with van der Waals surface area (Å²) in [6.07, 6.45) is 8.27. The van der Waals surface area contributed by atoms with Crippen LogP contribution in [0, 0.1) is 59.2 Å². The molecule has 0 aliphatic carbocycles. The summed E-state index contributed by atoms with van der Waals surface area (Å²) >= 11 is 2.76. The van der Waals surface area contributed by atoms with E-state index in [0.29, 0.717) is 102 Å². The third-order valence-electron chi connectivity index (χ3n) is 28.5. The smallest absolute Gasteiger partial charge is 0.326 e. The van der Waals surface area contributed by atoms with Crippen LogP contribution in [0.1, 0.15) is 250 Å². The lowest BCUT2D eigenvalue weighted by Crippen LogP contribution is -2.55. The zero-order chi connectivity index (χ0) is 101. The standard InChI is InChI=1S/C51H81N5O11S.C51H83N5O10S/c1-13-33(6)46(40(66-10)29-43(59)55-26-20-23-38(55)47(67-11)34(7)48(61)52-37(51(64)65)27-35-21-16-14-17-22-35)54(9)49(62)36(31(2)3)28-39(57)45(32(4)5)53(8)42(58)24-18-15-19-25-56-44(60)30-41(68-12)50(56)63;1-14-33(6)46(40(65-11)29-43(59)55-27-21-24-38(55)48(66-12)34(7)49(62)52-35(8)47(61)36-22-17-15-18-23-36)54(10)50(63)37(31(2)3)28-39(57)45(32(4)5)53(9)42(58)25-19-16-20-26-56-44(60)30-41(67-13)51(56)64/h14,16-17,21-22,31-34,36-38,40-41,45-47H,13,15,18-20,23-30H2,1-12H3,(H,52,61)(H,64,65);15,17-18,22-23,31-35,37-38,40-41,45-48,61H,14,16,19-21,24-30H2,1-13H3,(H,52,62)/t33-,34+,36-,37-,38-,40+,41?,45-,46-,47+;33-,34+,35+,37-,38-,40+,41?,45-,46-,47+,48+/m00/s1.